The minimum absolute atomic E-state index is 0.330. The maximum atomic E-state index is 11.7. The van der Waals surface area contributed by atoms with E-state index in [4.69, 9.17) is 15.2 Å². The summed E-state index contributed by atoms with van der Waals surface area (Å²) in [4.78, 5) is 11.7. The Hall–Kier alpha value is -3.09. The summed E-state index contributed by atoms with van der Waals surface area (Å²) in [5.74, 6) is 0.789. The van der Waals surface area contributed by atoms with Gasteiger partial charge in [0, 0.05) is 11.8 Å². The second-order valence-corrected chi connectivity index (χ2v) is 4.62. The summed E-state index contributed by atoms with van der Waals surface area (Å²) in [7, 11) is 2.91. The Balaban J connectivity index is 2.22. The van der Waals surface area contributed by atoms with Gasteiger partial charge in [0.1, 0.15) is 5.75 Å². The summed E-state index contributed by atoms with van der Waals surface area (Å²) >= 11 is 0. The van der Waals surface area contributed by atoms with E-state index in [-0.39, 0.29) is 0 Å². The number of nitrogen functional groups attached to an aromatic ring is 1. The first kappa shape index (κ1) is 13.9. The number of rotatable bonds is 3. The topological polar surface area (TPSA) is 91.7 Å². The number of anilines is 1. The number of nitrogens with two attached hydrogens (primary N) is 1. The Bertz CT molecular complexity index is 857. The van der Waals surface area contributed by atoms with E-state index < -0.39 is 5.97 Å². The van der Waals surface area contributed by atoms with Gasteiger partial charge in [-0.1, -0.05) is 12.1 Å². The van der Waals surface area contributed by atoms with Crippen molar-refractivity contribution in [3.8, 4) is 17.1 Å². The normalized spacial score (nSPS) is 10.6. The lowest BCUT2D eigenvalue weighted by molar-refractivity contribution is 0.0600. The van der Waals surface area contributed by atoms with Crippen LogP contribution in [-0.4, -0.2) is 34.8 Å². The average molecular weight is 298 g/mol. The molecule has 22 heavy (non-hydrogen) atoms. The molecule has 0 aliphatic rings. The van der Waals surface area contributed by atoms with E-state index in [0.717, 1.165) is 5.56 Å². The van der Waals surface area contributed by atoms with E-state index in [0.29, 0.717) is 28.5 Å². The lowest BCUT2D eigenvalue weighted by atomic mass is 10.2. The number of benzene rings is 1. The molecule has 2 N–H and O–H groups in total. The van der Waals surface area contributed by atoms with Gasteiger partial charge in [-0.3, -0.25) is 4.40 Å². The molecule has 0 aliphatic carbocycles. The minimum Gasteiger partial charge on any atom is -0.497 e. The zero-order valence-corrected chi connectivity index (χ0v) is 12.1. The van der Waals surface area contributed by atoms with Gasteiger partial charge >= 0.3 is 5.97 Å². The number of fused-ring (bicyclic) bond motifs is 1. The van der Waals surface area contributed by atoms with E-state index >= 15 is 0 Å². The van der Waals surface area contributed by atoms with Crippen LogP contribution in [0.25, 0.3) is 17.0 Å². The van der Waals surface area contributed by atoms with Gasteiger partial charge in [-0.05, 0) is 18.2 Å². The van der Waals surface area contributed by atoms with Crippen LogP contribution in [0.2, 0.25) is 0 Å². The highest BCUT2D eigenvalue weighted by Gasteiger charge is 2.15. The van der Waals surface area contributed by atoms with Crippen LogP contribution in [0.1, 0.15) is 10.4 Å². The lowest BCUT2D eigenvalue weighted by Crippen LogP contribution is -2.05. The molecule has 1 aromatic carbocycles. The van der Waals surface area contributed by atoms with E-state index in [9.17, 15) is 4.79 Å². The van der Waals surface area contributed by atoms with Gasteiger partial charge in [-0.2, -0.15) is 0 Å². The van der Waals surface area contributed by atoms with Crippen molar-refractivity contribution >= 4 is 17.3 Å². The molecule has 0 saturated heterocycles. The van der Waals surface area contributed by atoms with Crippen LogP contribution in [-0.2, 0) is 4.74 Å². The van der Waals surface area contributed by atoms with E-state index in [1.165, 1.54) is 13.2 Å². The van der Waals surface area contributed by atoms with Gasteiger partial charge in [0.2, 0.25) is 0 Å². The summed E-state index contributed by atoms with van der Waals surface area (Å²) in [6.07, 6.45) is 1.60. The van der Waals surface area contributed by atoms with Crippen molar-refractivity contribution < 1.29 is 14.3 Å². The first-order valence-electron chi connectivity index (χ1n) is 6.51. The molecule has 0 amide bonds. The van der Waals surface area contributed by atoms with E-state index in [1.807, 2.05) is 24.3 Å². The fraction of sp³-hybridized carbons (Fsp3) is 0.133. The predicted octanol–water partition coefficient (Wildman–Crippen LogP) is 1.77. The Morgan fingerprint density at radius 3 is 2.77 bits per heavy atom. The molecule has 2 aromatic heterocycles. The van der Waals surface area contributed by atoms with Crippen LogP contribution in [0, 0.1) is 0 Å². The van der Waals surface area contributed by atoms with Crippen LogP contribution in [0.4, 0.5) is 5.69 Å². The third-order valence-electron chi connectivity index (χ3n) is 3.28. The molecule has 0 aliphatic heterocycles. The molecule has 0 saturated carbocycles. The summed E-state index contributed by atoms with van der Waals surface area (Å²) < 4.78 is 11.6. The zero-order valence-electron chi connectivity index (χ0n) is 12.1. The number of hydrogen-bond acceptors (Lipinski definition) is 6. The Labute approximate surface area is 126 Å². The maximum absolute atomic E-state index is 11.7. The number of carbonyl (C=O) groups is 1. The second-order valence-electron chi connectivity index (χ2n) is 4.62. The van der Waals surface area contributed by atoms with Crippen molar-refractivity contribution in [2.75, 3.05) is 20.0 Å². The number of carbonyl (C=O) groups excluding carboxylic acids is 1. The maximum Gasteiger partial charge on any atom is 0.339 e. The van der Waals surface area contributed by atoms with Gasteiger partial charge in [0.25, 0.3) is 0 Å². The molecule has 0 radical (unpaired) electrons. The zero-order chi connectivity index (χ0) is 15.7. The molecule has 2 heterocycles. The van der Waals surface area contributed by atoms with Gasteiger partial charge in [-0.25, -0.2) is 4.79 Å². The van der Waals surface area contributed by atoms with Crippen molar-refractivity contribution in [1.29, 1.82) is 0 Å². The standard InChI is InChI=1S/C15H14N4O3/c1-21-11-5-3-4-9(6-11)13-17-18-14-12(16)7-10(8-19(13)14)15(20)22-2/h3-8H,16H2,1-2H3. The smallest absolute Gasteiger partial charge is 0.339 e. The number of esters is 1. The largest absolute Gasteiger partial charge is 0.497 e. The highest BCUT2D eigenvalue weighted by molar-refractivity contribution is 5.91. The SMILES string of the molecule is COC(=O)c1cc(N)c2nnc(-c3cccc(OC)c3)n2c1. The molecule has 3 rings (SSSR count). The van der Waals surface area contributed by atoms with Crippen LogP contribution >= 0.6 is 0 Å². The van der Waals surface area contributed by atoms with Crippen molar-refractivity contribution in [1.82, 2.24) is 14.6 Å². The van der Waals surface area contributed by atoms with Crippen LogP contribution in [0.3, 0.4) is 0 Å². The summed E-state index contributed by atoms with van der Waals surface area (Å²) in [6, 6.07) is 8.91. The second kappa shape index (κ2) is 5.36. The van der Waals surface area contributed by atoms with Crippen LogP contribution < -0.4 is 10.5 Å². The predicted molar refractivity (Wildman–Crippen MR) is 80.7 cm³/mol. The molecule has 0 spiro atoms. The highest BCUT2D eigenvalue weighted by Crippen LogP contribution is 2.25. The number of hydrogen-bond donors (Lipinski definition) is 1. The molecule has 112 valence electrons. The Morgan fingerprint density at radius 1 is 1.23 bits per heavy atom. The number of pyridine rings is 1. The lowest BCUT2D eigenvalue weighted by Gasteiger charge is -2.06. The molecule has 7 nitrogen and oxygen atoms in total. The molecular weight excluding hydrogens is 284 g/mol. The van der Waals surface area contributed by atoms with E-state index in [2.05, 4.69) is 10.2 Å². The third kappa shape index (κ3) is 2.22. The van der Waals surface area contributed by atoms with Crippen LogP contribution in [0.15, 0.2) is 36.5 Å². The van der Waals surface area contributed by atoms with Gasteiger partial charge in [0.05, 0.1) is 25.5 Å². The Morgan fingerprint density at radius 2 is 2.05 bits per heavy atom. The summed E-state index contributed by atoms with van der Waals surface area (Å²) in [5.41, 5.74) is 7.90. The van der Waals surface area contributed by atoms with E-state index in [1.54, 1.807) is 17.7 Å². The number of aromatic nitrogens is 3. The van der Waals surface area contributed by atoms with Crippen molar-refractivity contribution in [2.24, 2.45) is 0 Å². The highest BCUT2D eigenvalue weighted by atomic mass is 16.5. The molecule has 3 aromatic rings. The van der Waals surface area contributed by atoms with Crippen molar-refractivity contribution in [3.05, 3.63) is 42.1 Å². The molecule has 7 heteroatoms. The van der Waals surface area contributed by atoms with Gasteiger partial charge in [-0.15, -0.1) is 10.2 Å². The quantitative estimate of drug-likeness (QED) is 0.741. The minimum atomic E-state index is -0.473. The molecule has 0 atom stereocenters. The molecule has 0 bridgehead atoms. The average Bonchev–Trinajstić information content (AvgIpc) is 2.98. The van der Waals surface area contributed by atoms with Gasteiger partial charge in [0.15, 0.2) is 11.5 Å². The molecule has 0 fully saturated rings. The number of ether oxygens (including phenoxy) is 2. The van der Waals surface area contributed by atoms with Crippen LogP contribution in [0.5, 0.6) is 5.75 Å². The van der Waals surface area contributed by atoms with Crippen molar-refractivity contribution in [2.45, 2.75) is 0 Å². The van der Waals surface area contributed by atoms with Gasteiger partial charge < -0.3 is 15.2 Å². The Kier molecular flexibility index (Phi) is 3.38. The third-order valence-corrected chi connectivity index (χ3v) is 3.28. The fourth-order valence-electron chi connectivity index (χ4n) is 2.21. The molecule has 0 unspecified atom stereocenters. The van der Waals surface area contributed by atoms with Crippen molar-refractivity contribution in [3.63, 3.8) is 0 Å². The summed E-state index contributed by atoms with van der Waals surface area (Å²) in [6.45, 7) is 0. The monoisotopic (exact) mass is 298 g/mol. The molecular formula is C15H14N4O3. The fourth-order valence-corrected chi connectivity index (χ4v) is 2.21. The number of nitrogens with zero attached hydrogens (tertiary/aromatic N) is 3. The first-order chi connectivity index (χ1) is 10.6. The summed E-state index contributed by atoms with van der Waals surface area (Å²) in [5, 5.41) is 8.22. The number of methoxy groups -OCH3 is 2. The first-order valence-corrected chi connectivity index (χ1v) is 6.51.